The topological polar surface area (TPSA) is 41.1 Å². The highest BCUT2D eigenvalue weighted by atomic mass is 16.1. The van der Waals surface area contributed by atoms with Gasteiger partial charge in [-0.15, -0.1) is 0 Å². The molecule has 1 aliphatic rings. The molecule has 1 rings (SSSR count). The van der Waals surface area contributed by atoms with Crippen molar-refractivity contribution < 1.29 is 4.79 Å². The second kappa shape index (κ2) is 7.69. The summed E-state index contributed by atoms with van der Waals surface area (Å²) < 4.78 is 0. The molecule has 0 saturated heterocycles. The van der Waals surface area contributed by atoms with Gasteiger partial charge in [-0.3, -0.25) is 4.79 Å². The van der Waals surface area contributed by atoms with Gasteiger partial charge < -0.3 is 10.6 Å². The fraction of sp³-hybridized carbons (Fsp3) is 0.917. The molecule has 0 atom stereocenters. The summed E-state index contributed by atoms with van der Waals surface area (Å²) in [5.74, 6) is 1.08. The number of carbonyl (C=O) groups is 1. The summed E-state index contributed by atoms with van der Waals surface area (Å²) in [6.07, 6.45) is 8.26. The highest BCUT2D eigenvalue weighted by Gasteiger charge is 2.13. The van der Waals surface area contributed by atoms with E-state index in [-0.39, 0.29) is 5.91 Å². The summed E-state index contributed by atoms with van der Waals surface area (Å²) in [5, 5.41) is 5.96. The van der Waals surface area contributed by atoms with Crippen molar-refractivity contribution in [3.63, 3.8) is 0 Å². The van der Waals surface area contributed by atoms with Gasteiger partial charge in [-0.05, 0) is 32.2 Å². The number of hydrogen-bond donors (Lipinski definition) is 2. The Morgan fingerprint density at radius 3 is 2.73 bits per heavy atom. The second-order valence-corrected chi connectivity index (χ2v) is 4.42. The molecule has 0 heterocycles. The van der Waals surface area contributed by atoms with Crippen LogP contribution < -0.4 is 10.6 Å². The Morgan fingerprint density at radius 1 is 1.33 bits per heavy atom. The molecular weight excluding hydrogens is 188 g/mol. The summed E-state index contributed by atoms with van der Waals surface area (Å²) in [4.78, 5) is 11.1. The third kappa shape index (κ3) is 5.78. The van der Waals surface area contributed by atoms with Crippen LogP contribution in [0.15, 0.2) is 0 Å². The van der Waals surface area contributed by atoms with Crippen molar-refractivity contribution in [1.29, 1.82) is 0 Å². The number of rotatable bonds is 7. The second-order valence-electron chi connectivity index (χ2n) is 4.42. The zero-order chi connectivity index (χ0) is 10.9. The molecule has 2 N–H and O–H groups in total. The van der Waals surface area contributed by atoms with Gasteiger partial charge in [0.15, 0.2) is 0 Å². The van der Waals surface area contributed by atoms with E-state index in [1.54, 1.807) is 0 Å². The van der Waals surface area contributed by atoms with Gasteiger partial charge in [0.2, 0.25) is 5.91 Å². The zero-order valence-corrected chi connectivity index (χ0v) is 9.85. The van der Waals surface area contributed by atoms with Crippen molar-refractivity contribution in [2.75, 3.05) is 19.6 Å². The Kier molecular flexibility index (Phi) is 6.41. The van der Waals surface area contributed by atoms with E-state index in [0.717, 1.165) is 19.0 Å². The van der Waals surface area contributed by atoms with Crippen molar-refractivity contribution in [2.45, 2.75) is 45.4 Å². The molecule has 0 aromatic heterocycles. The van der Waals surface area contributed by atoms with Crippen molar-refractivity contribution in [1.82, 2.24) is 10.6 Å². The first kappa shape index (κ1) is 12.5. The number of hydrogen-bond acceptors (Lipinski definition) is 2. The van der Waals surface area contributed by atoms with Gasteiger partial charge in [0.05, 0.1) is 6.54 Å². The van der Waals surface area contributed by atoms with Gasteiger partial charge in [-0.25, -0.2) is 0 Å². The van der Waals surface area contributed by atoms with E-state index < -0.39 is 0 Å². The molecule has 0 radical (unpaired) electrons. The quantitative estimate of drug-likeness (QED) is 0.630. The average molecular weight is 212 g/mol. The molecule has 3 heteroatoms. The Labute approximate surface area is 93.0 Å². The van der Waals surface area contributed by atoms with Gasteiger partial charge in [-0.2, -0.15) is 0 Å². The standard InChI is InChI=1S/C12H24N2O/c1-2-14-12(15)10-13-9-5-8-11-6-3-4-7-11/h11,13H,2-10H2,1H3,(H,14,15). The van der Waals surface area contributed by atoms with E-state index in [0.29, 0.717) is 6.54 Å². The van der Waals surface area contributed by atoms with Crippen LogP contribution in [-0.2, 0) is 4.79 Å². The minimum Gasteiger partial charge on any atom is -0.355 e. The molecule has 1 saturated carbocycles. The lowest BCUT2D eigenvalue weighted by molar-refractivity contribution is -0.120. The average Bonchev–Trinajstić information content (AvgIpc) is 2.70. The molecule has 0 aromatic carbocycles. The minimum atomic E-state index is 0.110. The van der Waals surface area contributed by atoms with Crippen LogP contribution in [0.5, 0.6) is 0 Å². The molecule has 1 amide bonds. The summed E-state index contributed by atoms with van der Waals surface area (Å²) in [5.41, 5.74) is 0. The number of nitrogens with one attached hydrogen (secondary N) is 2. The first-order valence-electron chi connectivity index (χ1n) is 6.30. The molecule has 0 unspecified atom stereocenters. The van der Waals surface area contributed by atoms with E-state index in [4.69, 9.17) is 0 Å². The highest BCUT2D eigenvalue weighted by molar-refractivity contribution is 5.77. The van der Waals surface area contributed by atoms with Gasteiger partial charge in [0, 0.05) is 6.54 Å². The van der Waals surface area contributed by atoms with Crippen LogP contribution in [0.25, 0.3) is 0 Å². The van der Waals surface area contributed by atoms with Crippen LogP contribution in [0, 0.1) is 5.92 Å². The summed E-state index contributed by atoms with van der Waals surface area (Å²) in [7, 11) is 0. The molecule has 3 nitrogen and oxygen atoms in total. The fourth-order valence-electron chi connectivity index (χ4n) is 2.28. The lowest BCUT2D eigenvalue weighted by atomic mass is 10.0. The van der Waals surface area contributed by atoms with Gasteiger partial charge in [0.1, 0.15) is 0 Å². The predicted molar refractivity (Wildman–Crippen MR) is 62.7 cm³/mol. The van der Waals surface area contributed by atoms with Crippen LogP contribution in [0.4, 0.5) is 0 Å². The number of carbonyl (C=O) groups excluding carboxylic acids is 1. The van der Waals surface area contributed by atoms with Crippen LogP contribution in [0.1, 0.15) is 45.4 Å². The maximum atomic E-state index is 11.1. The Bertz CT molecular complexity index is 176. The molecular formula is C12H24N2O. The third-order valence-electron chi connectivity index (χ3n) is 3.10. The first-order chi connectivity index (χ1) is 7.33. The fourth-order valence-corrected chi connectivity index (χ4v) is 2.28. The molecule has 0 aromatic rings. The van der Waals surface area contributed by atoms with Crippen molar-refractivity contribution in [2.24, 2.45) is 5.92 Å². The molecule has 0 aliphatic heterocycles. The van der Waals surface area contributed by atoms with E-state index in [2.05, 4.69) is 10.6 Å². The minimum absolute atomic E-state index is 0.110. The molecule has 0 spiro atoms. The molecule has 0 bridgehead atoms. The molecule has 1 aliphatic carbocycles. The molecule has 88 valence electrons. The number of amides is 1. The maximum absolute atomic E-state index is 11.1. The van der Waals surface area contributed by atoms with Gasteiger partial charge in [0.25, 0.3) is 0 Å². The highest BCUT2D eigenvalue weighted by Crippen LogP contribution is 2.28. The predicted octanol–water partition coefficient (Wildman–Crippen LogP) is 1.68. The third-order valence-corrected chi connectivity index (χ3v) is 3.10. The molecule has 15 heavy (non-hydrogen) atoms. The Balaban J connectivity index is 1.86. The molecule has 1 fully saturated rings. The van der Waals surface area contributed by atoms with E-state index in [1.807, 2.05) is 6.92 Å². The van der Waals surface area contributed by atoms with Crippen LogP contribution in [-0.4, -0.2) is 25.5 Å². The van der Waals surface area contributed by atoms with E-state index >= 15 is 0 Å². The Morgan fingerprint density at radius 2 is 2.07 bits per heavy atom. The maximum Gasteiger partial charge on any atom is 0.233 e. The summed E-state index contributed by atoms with van der Waals surface area (Å²) >= 11 is 0. The van der Waals surface area contributed by atoms with Gasteiger partial charge in [-0.1, -0.05) is 25.7 Å². The first-order valence-corrected chi connectivity index (χ1v) is 6.30. The van der Waals surface area contributed by atoms with Gasteiger partial charge >= 0.3 is 0 Å². The van der Waals surface area contributed by atoms with Crippen LogP contribution in [0.3, 0.4) is 0 Å². The Hall–Kier alpha value is -0.570. The number of likely N-dealkylation sites (N-methyl/N-ethyl adjacent to an activating group) is 1. The monoisotopic (exact) mass is 212 g/mol. The van der Waals surface area contributed by atoms with Crippen molar-refractivity contribution >= 4 is 5.91 Å². The lowest BCUT2D eigenvalue weighted by Crippen LogP contribution is -2.34. The summed E-state index contributed by atoms with van der Waals surface area (Å²) in [6, 6.07) is 0. The summed E-state index contributed by atoms with van der Waals surface area (Å²) in [6.45, 7) is 4.12. The van der Waals surface area contributed by atoms with Crippen molar-refractivity contribution in [3.8, 4) is 0 Å². The zero-order valence-electron chi connectivity index (χ0n) is 9.85. The SMILES string of the molecule is CCNC(=O)CNCCCC1CCCC1. The smallest absolute Gasteiger partial charge is 0.233 e. The van der Waals surface area contributed by atoms with E-state index in [1.165, 1.54) is 38.5 Å². The van der Waals surface area contributed by atoms with E-state index in [9.17, 15) is 4.79 Å². The van der Waals surface area contributed by atoms with Crippen LogP contribution >= 0.6 is 0 Å². The van der Waals surface area contributed by atoms with Crippen LogP contribution in [0.2, 0.25) is 0 Å². The lowest BCUT2D eigenvalue weighted by Gasteiger charge is -2.09. The van der Waals surface area contributed by atoms with Crippen molar-refractivity contribution in [3.05, 3.63) is 0 Å². The largest absolute Gasteiger partial charge is 0.355 e. The normalized spacial score (nSPS) is 16.9.